The van der Waals surface area contributed by atoms with Crippen LogP contribution in [0.15, 0.2) is 18.3 Å². The summed E-state index contributed by atoms with van der Waals surface area (Å²) >= 11 is 0. The van der Waals surface area contributed by atoms with E-state index in [9.17, 15) is 0 Å². The van der Waals surface area contributed by atoms with Gasteiger partial charge >= 0.3 is 0 Å². The molecule has 2 rings (SSSR count). The predicted octanol–water partition coefficient (Wildman–Crippen LogP) is 2.96. The maximum atomic E-state index is 7.31. The molecule has 1 aromatic rings. The summed E-state index contributed by atoms with van der Waals surface area (Å²) in [6, 6.07) is 3.57. The van der Waals surface area contributed by atoms with Gasteiger partial charge in [0, 0.05) is 0 Å². The molecule has 3 N–H and O–H groups in total. The number of rotatable bonds is 3. The molecule has 1 aliphatic rings. The van der Waals surface area contributed by atoms with Crippen molar-refractivity contribution in [2.24, 2.45) is 17.1 Å². The predicted molar refractivity (Wildman–Crippen MR) is 76.5 cm³/mol. The van der Waals surface area contributed by atoms with Crippen LogP contribution in [0.1, 0.15) is 45.7 Å². The summed E-state index contributed by atoms with van der Waals surface area (Å²) in [6.45, 7) is 6.89. The number of hydrogen-bond acceptors (Lipinski definition) is 3. The molecule has 1 heterocycles. The van der Waals surface area contributed by atoms with Crippen LogP contribution in [0.4, 0.5) is 0 Å². The Morgan fingerprint density at radius 3 is 2.68 bits per heavy atom. The van der Waals surface area contributed by atoms with Crippen molar-refractivity contribution in [2.75, 3.05) is 0 Å². The standard InChI is InChI=1S/C15H23N3O/c1-10-6-12(8-15(2,3)7-10)19-11-4-5-13(14(16)17)18-9-11/h4-5,9-10,12H,6-8H2,1-3H3,(H3,16,17). The molecule has 1 fully saturated rings. The van der Waals surface area contributed by atoms with Crippen molar-refractivity contribution >= 4 is 5.84 Å². The molecule has 0 spiro atoms. The summed E-state index contributed by atoms with van der Waals surface area (Å²) in [5.41, 5.74) is 6.21. The maximum absolute atomic E-state index is 7.31. The van der Waals surface area contributed by atoms with Gasteiger partial charge in [-0.1, -0.05) is 20.8 Å². The van der Waals surface area contributed by atoms with Crippen LogP contribution in [0.5, 0.6) is 5.75 Å². The lowest BCUT2D eigenvalue weighted by atomic mass is 9.71. The Kier molecular flexibility index (Phi) is 3.78. The smallest absolute Gasteiger partial charge is 0.141 e. The van der Waals surface area contributed by atoms with E-state index < -0.39 is 0 Å². The number of hydrogen-bond donors (Lipinski definition) is 2. The van der Waals surface area contributed by atoms with Crippen molar-refractivity contribution in [3.05, 3.63) is 24.0 Å². The fourth-order valence-electron chi connectivity index (χ4n) is 3.15. The summed E-state index contributed by atoms with van der Waals surface area (Å²) < 4.78 is 6.02. The maximum Gasteiger partial charge on any atom is 0.141 e. The van der Waals surface area contributed by atoms with Crippen molar-refractivity contribution in [1.82, 2.24) is 4.98 Å². The fourth-order valence-corrected chi connectivity index (χ4v) is 3.15. The van der Waals surface area contributed by atoms with Gasteiger partial charge in [-0.3, -0.25) is 5.41 Å². The fraction of sp³-hybridized carbons (Fsp3) is 0.600. The summed E-state index contributed by atoms with van der Waals surface area (Å²) in [6.07, 6.45) is 5.34. The second-order valence-corrected chi connectivity index (χ2v) is 6.45. The first-order chi connectivity index (χ1) is 8.85. The van der Waals surface area contributed by atoms with Crippen molar-refractivity contribution < 1.29 is 4.74 Å². The second-order valence-electron chi connectivity index (χ2n) is 6.45. The van der Waals surface area contributed by atoms with E-state index >= 15 is 0 Å². The highest BCUT2D eigenvalue weighted by Crippen LogP contribution is 2.39. The highest BCUT2D eigenvalue weighted by molar-refractivity contribution is 5.92. The molecule has 0 aliphatic heterocycles. The van der Waals surface area contributed by atoms with Gasteiger partial charge in [-0.2, -0.15) is 0 Å². The zero-order valence-electron chi connectivity index (χ0n) is 11.9. The normalized spacial score (nSPS) is 25.8. The monoisotopic (exact) mass is 261 g/mol. The molecule has 1 saturated carbocycles. The molecule has 0 amide bonds. The Labute approximate surface area is 114 Å². The van der Waals surface area contributed by atoms with Crippen molar-refractivity contribution in [2.45, 2.75) is 46.1 Å². The molecule has 104 valence electrons. The SMILES string of the molecule is CC1CC(Oc2ccc(C(=N)N)nc2)CC(C)(C)C1. The average Bonchev–Trinajstić information content (AvgIpc) is 2.26. The molecule has 0 bridgehead atoms. The van der Waals surface area contributed by atoms with Crippen molar-refractivity contribution in [3.8, 4) is 5.75 Å². The molecule has 0 aromatic carbocycles. The molecule has 2 atom stereocenters. The Bertz CT molecular complexity index is 453. The van der Waals surface area contributed by atoms with E-state index in [1.807, 2.05) is 6.07 Å². The Morgan fingerprint density at radius 2 is 2.16 bits per heavy atom. The van der Waals surface area contributed by atoms with Crippen molar-refractivity contribution in [3.63, 3.8) is 0 Å². The van der Waals surface area contributed by atoms with E-state index in [1.165, 1.54) is 6.42 Å². The zero-order chi connectivity index (χ0) is 14.0. The Hall–Kier alpha value is -1.58. The minimum Gasteiger partial charge on any atom is -0.489 e. The van der Waals surface area contributed by atoms with Crippen LogP contribution < -0.4 is 10.5 Å². The van der Waals surface area contributed by atoms with Gasteiger partial charge in [0.1, 0.15) is 17.3 Å². The van der Waals surface area contributed by atoms with E-state index in [0.29, 0.717) is 17.0 Å². The van der Waals surface area contributed by atoms with Crippen LogP contribution >= 0.6 is 0 Å². The topological polar surface area (TPSA) is 72.0 Å². The Morgan fingerprint density at radius 1 is 1.42 bits per heavy atom. The first kappa shape index (κ1) is 13.8. The van der Waals surface area contributed by atoms with Gasteiger partial charge in [0.15, 0.2) is 0 Å². The van der Waals surface area contributed by atoms with E-state index in [0.717, 1.165) is 18.6 Å². The van der Waals surface area contributed by atoms with Crippen LogP contribution in [-0.2, 0) is 0 Å². The van der Waals surface area contributed by atoms with E-state index in [2.05, 4.69) is 25.8 Å². The number of nitrogens with zero attached hydrogens (tertiary/aromatic N) is 1. The number of nitrogens with one attached hydrogen (secondary N) is 1. The first-order valence-corrected chi connectivity index (χ1v) is 6.83. The molecule has 0 radical (unpaired) electrons. The summed E-state index contributed by atoms with van der Waals surface area (Å²) in [7, 11) is 0. The molecule has 2 unspecified atom stereocenters. The van der Waals surface area contributed by atoms with Crippen molar-refractivity contribution in [1.29, 1.82) is 5.41 Å². The van der Waals surface area contributed by atoms with E-state index in [1.54, 1.807) is 12.3 Å². The molecule has 4 nitrogen and oxygen atoms in total. The molecular weight excluding hydrogens is 238 g/mol. The highest BCUT2D eigenvalue weighted by Gasteiger charge is 2.33. The third-order valence-electron chi connectivity index (χ3n) is 3.66. The molecular formula is C15H23N3O. The van der Waals surface area contributed by atoms with Crippen LogP contribution in [0, 0.1) is 16.7 Å². The van der Waals surface area contributed by atoms with Crippen LogP contribution in [0.2, 0.25) is 0 Å². The van der Waals surface area contributed by atoms with Gasteiger partial charge in [0.2, 0.25) is 0 Å². The number of nitrogens with two attached hydrogens (primary N) is 1. The van der Waals surface area contributed by atoms with Gasteiger partial charge in [-0.25, -0.2) is 4.98 Å². The average molecular weight is 261 g/mol. The number of amidine groups is 1. The van der Waals surface area contributed by atoms with E-state index in [-0.39, 0.29) is 11.9 Å². The van der Waals surface area contributed by atoms with Crippen LogP contribution in [-0.4, -0.2) is 16.9 Å². The molecule has 1 aromatic heterocycles. The van der Waals surface area contributed by atoms with Gasteiger partial charge in [0.05, 0.1) is 12.3 Å². The quantitative estimate of drug-likeness (QED) is 0.649. The zero-order valence-corrected chi connectivity index (χ0v) is 11.9. The third-order valence-corrected chi connectivity index (χ3v) is 3.66. The third kappa shape index (κ3) is 3.69. The summed E-state index contributed by atoms with van der Waals surface area (Å²) in [4.78, 5) is 4.12. The molecule has 19 heavy (non-hydrogen) atoms. The minimum atomic E-state index is -0.0148. The summed E-state index contributed by atoms with van der Waals surface area (Å²) in [5, 5.41) is 7.31. The van der Waals surface area contributed by atoms with Crippen LogP contribution in [0.3, 0.4) is 0 Å². The van der Waals surface area contributed by atoms with E-state index in [4.69, 9.17) is 15.9 Å². The molecule has 0 saturated heterocycles. The lowest BCUT2D eigenvalue weighted by molar-refractivity contribution is 0.0560. The number of ether oxygens (including phenoxy) is 1. The van der Waals surface area contributed by atoms with Gasteiger partial charge in [-0.05, 0) is 42.7 Å². The second kappa shape index (κ2) is 5.19. The van der Waals surface area contributed by atoms with Gasteiger partial charge in [0.25, 0.3) is 0 Å². The Balaban J connectivity index is 2.02. The summed E-state index contributed by atoms with van der Waals surface area (Å²) in [5.74, 6) is 1.44. The lowest BCUT2D eigenvalue weighted by Gasteiger charge is -2.38. The number of aromatic nitrogens is 1. The largest absolute Gasteiger partial charge is 0.489 e. The van der Waals surface area contributed by atoms with Crippen LogP contribution in [0.25, 0.3) is 0 Å². The lowest BCUT2D eigenvalue weighted by Crippen LogP contribution is -2.34. The highest BCUT2D eigenvalue weighted by atomic mass is 16.5. The molecule has 4 heteroatoms. The van der Waals surface area contributed by atoms with Gasteiger partial charge < -0.3 is 10.5 Å². The molecule has 1 aliphatic carbocycles. The number of nitrogen functional groups attached to an aromatic ring is 1. The minimum absolute atomic E-state index is 0.0148. The number of pyridine rings is 1. The first-order valence-electron chi connectivity index (χ1n) is 6.83. The van der Waals surface area contributed by atoms with Gasteiger partial charge in [-0.15, -0.1) is 0 Å².